The van der Waals surface area contributed by atoms with E-state index in [4.69, 9.17) is 0 Å². The van der Waals surface area contributed by atoms with Crippen LogP contribution >= 0.6 is 11.8 Å². The quantitative estimate of drug-likeness (QED) is 0.245. The Bertz CT molecular complexity index is 1330. The number of carbonyl (C=O) groups is 2. The molecular weight excluding hydrogens is 458 g/mol. The number of para-hydroxylation sites is 1. The van der Waals surface area contributed by atoms with E-state index >= 15 is 0 Å². The summed E-state index contributed by atoms with van der Waals surface area (Å²) in [4.78, 5) is 24.9. The number of aromatic nitrogens is 3. The van der Waals surface area contributed by atoms with Crippen LogP contribution in [0.15, 0.2) is 96.7 Å². The molecule has 176 valence electrons. The molecule has 0 atom stereocenters. The minimum Gasteiger partial charge on any atom is -0.325 e. The zero-order valence-electron chi connectivity index (χ0n) is 19.3. The normalized spacial score (nSPS) is 10.5. The Hall–Kier alpha value is -4.17. The van der Waals surface area contributed by atoms with Gasteiger partial charge in [-0.3, -0.25) is 14.2 Å². The maximum atomic E-state index is 12.5. The van der Waals surface area contributed by atoms with Crippen LogP contribution in [0.3, 0.4) is 0 Å². The molecule has 1 heterocycles. The van der Waals surface area contributed by atoms with Gasteiger partial charge in [0, 0.05) is 29.0 Å². The molecule has 0 aliphatic carbocycles. The van der Waals surface area contributed by atoms with Crippen molar-refractivity contribution >= 4 is 35.0 Å². The van der Waals surface area contributed by atoms with Crippen molar-refractivity contribution in [3.8, 4) is 11.4 Å². The van der Waals surface area contributed by atoms with Gasteiger partial charge in [-0.15, -0.1) is 16.8 Å². The molecule has 35 heavy (non-hydrogen) atoms. The van der Waals surface area contributed by atoms with E-state index in [9.17, 15) is 9.59 Å². The highest BCUT2D eigenvalue weighted by Crippen LogP contribution is 2.26. The molecule has 0 unspecified atom stereocenters. The van der Waals surface area contributed by atoms with E-state index in [0.29, 0.717) is 28.8 Å². The van der Waals surface area contributed by atoms with E-state index in [1.807, 2.05) is 78.2 Å². The number of nitrogens with one attached hydrogen (secondary N) is 2. The molecule has 0 aliphatic heterocycles. The van der Waals surface area contributed by atoms with Gasteiger partial charge in [0.15, 0.2) is 11.0 Å². The molecule has 2 amide bonds. The zero-order valence-corrected chi connectivity index (χ0v) is 20.1. The second-order valence-electron chi connectivity index (χ2n) is 7.75. The van der Waals surface area contributed by atoms with Crippen LogP contribution in [0.5, 0.6) is 0 Å². The largest absolute Gasteiger partial charge is 0.325 e. The summed E-state index contributed by atoms with van der Waals surface area (Å²) in [6, 6.07) is 24.1. The first-order valence-electron chi connectivity index (χ1n) is 11.0. The molecular formula is C27H25N5O2S. The fourth-order valence-corrected chi connectivity index (χ4v) is 4.18. The third-order valence-corrected chi connectivity index (χ3v) is 6.18. The molecule has 8 heteroatoms. The number of benzene rings is 3. The van der Waals surface area contributed by atoms with Gasteiger partial charge < -0.3 is 10.6 Å². The van der Waals surface area contributed by atoms with E-state index in [1.165, 1.54) is 11.8 Å². The summed E-state index contributed by atoms with van der Waals surface area (Å²) in [5.74, 6) is 0.578. The highest BCUT2D eigenvalue weighted by molar-refractivity contribution is 7.99. The first-order valence-corrected chi connectivity index (χ1v) is 12.0. The Balaban J connectivity index is 1.44. The number of anilines is 2. The topological polar surface area (TPSA) is 88.9 Å². The number of hydrogen-bond donors (Lipinski definition) is 2. The van der Waals surface area contributed by atoms with Crippen molar-refractivity contribution in [2.45, 2.75) is 18.6 Å². The summed E-state index contributed by atoms with van der Waals surface area (Å²) in [5, 5.41) is 15.1. The second kappa shape index (κ2) is 11.3. The van der Waals surface area contributed by atoms with Gasteiger partial charge in [-0.1, -0.05) is 54.2 Å². The predicted molar refractivity (Wildman–Crippen MR) is 141 cm³/mol. The second-order valence-corrected chi connectivity index (χ2v) is 8.70. The molecule has 0 radical (unpaired) electrons. The first-order chi connectivity index (χ1) is 17.0. The van der Waals surface area contributed by atoms with E-state index in [-0.39, 0.29) is 17.6 Å². The van der Waals surface area contributed by atoms with Crippen molar-refractivity contribution in [3.63, 3.8) is 0 Å². The molecule has 0 saturated heterocycles. The van der Waals surface area contributed by atoms with E-state index < -0.39 is 0 Å². The van der Waals surface area contributed by atoms with Gasteiger partial charge in [0.25, 0.3) is 5.91 Å². The lowest BCUT2D eigenvalue weighted by atomic mass is 10.1. The van der Waals surface area contributed by atoms with Gasteiger partial charge in [-0.2, -0.15) is 0 Å². The number of aryl methyl sites for hydroxylation is 1. The highest BCUT2D eigenvalue weighted by atomic mass is 32.2. The van der Waals surface area contributed by atoms with Gasteiger partial charge in [0.2, 0.25) is 5.91 Å². The number of rotatable bonds is 9. The molecule has 3 aromatic carbocycles. The fourth-order valence-electron chi connectivity index (χ4n) is 3.43. The van der Waals surface area contributed by atoms with Gasteiger partial charge in [0.1, 0.15) is 0 Å². The Labute approximate surface area is 208 Å². The van der Waals surface area contributed by atoms with E-state index in [2.05, 4.69) is 27.4 Å². The van der Waals surface area contributed by atoms with Crippen molar-refractivity contribution in [3.05, 3.63) is 103 Å². The molecule has 0 saturated carbocycles. The standard InChI is InChI=1S/C27H25N5O2S/c1-3-17-32-25(20-13-15-22(16-14-20)28-26(34)21-10-5-4-6-11-21)30-31-27(32)35-18-24(33)29-23-12-8-7-9-19(23)2/h3-16H,1,17-18H2,2H3,(H,28,34)(H,29,33). The molecule has 0 fully saturated rings. The Morgan fingerprint density at radius 3 is 2.37 bits per heavy atom. The molecule has 0 spiro atoms. The highest BCUT2D eigenvalue weighted by Gasteiger charge is 2.16. The Morgan fingerprint density at radius 2 is 1.66 bits per heavy atom. The van der Waals surface area contributed by atoms with Gasteiger partial charge in [-0.25, -0.2) is 0 Å². The average Bonchev–Trinajstić information content (AvgIpc) is 3.28. The zero-order chi connectivity index (χ0) is 24.6. The van der Waals surface area contributed by atoms with Gasteiger partial charge in [-0.05, 0) is 55.0 Å². The number of allylic oxidation sites excluding steroid dienone is 1. The molecule has 0 bridgehead atoms. The maximum Gasteiger partial charge on any atom is 0.255 e. The molecule has 2 N–H and O–H groups in total. The Morgan fingerprint density at radius 1 is 0.943 bits per heavy atom. The first kappa shape index (κ1) is 24.0. The van der Waals surface area contributed by atoms with Crippen molar-refractivity contribution in [1.82, 2.24) is 14.8 Å². The van der Waals surface area contributed by atoms with Gasteiger partial charge >= 0.3 is 0 Å². The summed E-state index contributed by atoms with van der Waals surface area (Å²) in [6.07, 6.45) is 1.76. The van der Waals surface area contributed by atoms with Crippen LogP contribution in [-0.2, 0) is 11.3 Å². The van der Waals surface area contributed by atoms with Crippen LogP contribution in [0.4, 0.5) is 11.4 Å². The number of thioether (sulfide) groups is 1. The third-order valence-electron chi connectivity index (χ3n) is 5.22. The summed E-state index contributed by atoms with van der Waals surface area (Å²) in [7, 11) is 0. The molecule has 4 aromatic rings. The van der Waals surface area contributed by atoms with Crippen LogP contribution < -0.4 is 10.6 Å². The lowest BCUT2D eigenvalue weighted by molar-refractivity contribution is -0.113. The Kier molecular flexibility index (Phi) is 7.74. The molecule has 1 aromatic heterocycles. The molecule has 7 nitrogen and oxygen atoms in total. The number of hydrogen-bond acceptors (Lipinski definition) is 5. The van der Waals surface area contributed by atoms with Crippen molar-refractivity contribution in [1.29, 1.82) is 0 Å². The number of carbonyl (C=O) groups excluding carboxylic acids is 2. The summed E-state index contributed by atoms with van der Waals surface area (Å²) in [5.41, 5.74) is 3.92. The summed E-state index contributed by atoms with van der Waals surface area (Å²) < 4.78 is 1.91. The fraction of sp³-hybridized carbons (Fsp3) is 0.111. The number of amides is 2. The lowest BCUT2D eigenvalue weighted by Gasteiger charge is -2.10. The molecule has 0 aliphatic rings. The van der Waals surface area contributed by atoms with Crippen LogP contribution in [0, 0.1) is 6.92 Å². The monoisotopic (exact) mass is 483 g/mol. The number of nitrogens with zero attached hydrogens (tertiary/aromatic N) is 3. The van der Waals surface area contributed by atoms with Gasteiger partial charge in [0.05, 0.1) is 5.75 Å². The summed E-state index contributed by atoms with van der Waals surface area (Å²) in [6.45, 7) is 6.28. The van der Waals surface area contributed by atoms with Crippen molar-refractivity contribution in [2.24, 2.45) is 0 Å². The minimum atomic E-state index is -0.171. The van der Waals surface area contributed by atoms with Crippen LogP contribution in [0.2, 0.25) is 0 Å². The molecule has 4 rings (SSSR count). The average molecular weight is 484 g/mol. The van der Waals surface area contributed by atoms with Crippen LogP contribution in [-0.4, -0.2) is 32.3 Å². The summed E-state index contributed by atoms with van der Waals surface area (Å²) >= 11 is 1.32. The smallest absolute Gasteiger partial charge is 0.255 e. The maximum absolute atomic E-state index is 12.5. The van der Waals surface area contributed by atoms with Crippen LogP contribution in [0.25, 0.3) is 11.4 Å². The predicted octanol–water partition coefficient (Wildman–Crippen LogP) is 5.42. The van der Waals surface area contributed by atoms with Crippen molar-refractivity contribution in [2.75, 3.05) is 16.4 Å². The lowest BCUT2D eigenvalue weighted by Crippen LogP contribution is -2.15. The third kappa shape index (κ3) is 6.04. The SMILES string of the molecule is C=CCn1c(SCC(=O)Nc2ccccc2C)nnc1-c1ccc(NC(=O)c2ccccc2)cc1. The van der Waals surface area contributed by atoms with E-state index in [0.717, 1.165) is 16.8 Å². The van der Waals surface area contributed by atoms with Crippen molar-refractivity contribution < 1.29 is 9.59 Å². The van der Waals surface area contributed by atoms with Crippen LogP contribution in [0.1, 0.15) is 15.9 Å². The minimum absolute atomic E-state index is 0.113. The van der Waals surface area contributed by atoms with E-state index in [1.54, 1.807) is 18.2 Å².